The van der Waals surface area contributed by atoms with Crippen LogP contribution >= 0.6 is 11.8 Å². The van der Waals surface area contributed by atoms with E-state index in [4.69, 9.17) is 9.84 Å². The van der Waals surface area contributed by atoms with Crippen LogP contribution in [0.1, 0.15) is 74.7 Å². The van der Waals surface area contributed by atoms with Crippen molar-refractivity contribution in [1.82, 2.24) is 20.2 Å². The van der Waals surface area contributed by atoms with Crippen LogP contribution < -0.4 is 15.4 Å². The number of carboxylic acid groups (broad SMARTS) is 1. The van der Waals surface area contributed by atoms with Crippen LogP contribution in [0.3, 0.4) is 0 Å². The highest BCUT2D eigenvalue weighted by Crippen LogP contribution is 2.35. The van der Waals surface area contributed by atoms with Crippen molar-refractivity contribution in [1.29, 1.82) is 0 Å². The number of carboxylic acids is 1. The first-order valence-electron chi connectivity index (χ1n) is 15.5. The van der Waals surface area contributed by atoms with Crippen LogP contribution in [0.2, 0.25) is 0 Å². The number of aryl methyl sites for hydroxylation is 1. The van der Waals surface area contributed by atoms with E-state index in [1.165, 1.54) is 67.3 Å². The fourth-order valence-corrected chi connectivity index (χ4v) is 5.59. The first kappa shape index (κ1) is 35.5. The minimum atomic E-state index is -1.13. The van der Waals surface area contributed by atoms with Crippen molar-refractivity contribution in [2.45, 2.75) is 81.9 Å². The van der Waals surface area contributed by atoms with Crippen LogP contribution in [0.15, 0.2) is 70.7 Å². The van der Waals surface area contributed by atoms with Crippen LogP contribution in [0, 0.1) is 17.0 Å². The summed E-state index contributed by atoms with van der Waals surface area (Å²) in [5.41, 5.74) is 1.47. The van der Waals surface area contributed by atoms with Crippen molar-refractivity contribution in [3.8, 4) is 11.4 Å². The van der Waals surface area contributed by atoms with Crippen molar-refractivity contribution in [3.05, 3.63) is 81.9 Å². The van der Waals surface area contributed by atoms with Crippen LogP contribution in [-0.4, -0.2) is 54.1 Å². The van der Waals surface area contributed by atoms with Gasteiger partial charge in [0.1, 0.15) is 11.3 Å². The summed E-state index contributed by atoms with van der Waals surface area (Å²) >= 11 is 1.12. The number of rotatable bonds is 17. The molecule has 3 aromatic carbocycles. The van der Waals surface area contributed by atoms with Crippen LogP contribution in [-0.2, 0) is 9.59 Å². The molecule has 4 aromatic rings. The maximum absolute atomic E-state index is 13.3. The highest BCUT2D eigenvalue weighted by molar-refractivity contribution is 7.99. The van der Waals surface area contributed by atoms with E-state index in [-0.39, 0.29) is 22.9 Å². The number of anilines is 2. The second-order valence-corrected chi connectivity index (χ2v) is 12.1. The van der Waals surface area contributed by atoms with E-state index >= 15 is 0 Å². The van der Waals surface area contributed by atoms with E-state index in [1.54, 1.807) is 31.2 Å². The Morgan fingerprint density at radius 3 is 2.44 bits per heavy atom. The van der Waals surface area contributed by atoms with E-state index in [0.717, 1.165) is 31.0 Å². The van der Waals surface area contributed by atoms with Crippen molar-refractivity contribution >= 4 is 46.6 Å². The fourth-order valence-electron chi connectivity index (χ4n) is 4.69. The fraction of sp³-hybridized carbons (Fsp3) is 0.333. The first-order chi connectivity index (χ1) is 23.0. The molecule has 0 aliphatic rings. The highest BCUT2D eigenvalue weighted by atomic mass is 32.2. The van der Waals surface area contributed by atoms with Gasteiger partial charge in [0.05, 0.1) is 10.6 Å². The van der Waals surface area contributed by atoms with Crippen LogP contribution in [0.4, 0.5) is 17.1 Å². The second-order valence-electron chi connectivity index (χ2n) is 11.1. The molecule has 1 atom stereocenters. The Morgan fingerprint density at radius 1 is 1.00 bits per heavy atom. The minimum Gasteiger partial charge on any atom is -0.479 e. The molecule has 48 heavy (non-hydrogen) atoms. The SMILES string of the molecule is CCCCCCCCC(=O)Nc1cccc(-n2nnnc2Sc2cc(C(=O)Nc3ccc(OC(C)C(=O)O)cc3)c([N+](=O)[O-])cc2C)c1. The quantitative estimate of drug-likeness (QED) is 0.0604. The minimum absolute atomic E-state index is 0.0710. The number of tetrazole rings is 1. The summed E-state index contributed by atoms with van der Waals surface area (Å²) in [6, 6.07) is 15.8. The van der Waals surface area contributed by atoms with Gasteiger partial charge in [0, 0.05) is 28.8 Å². The molecule has 0 saturated carbocycles. The summed E-state index contributed by atoms with van der Waals surface area (Å²) in [7, 11) is 0. The molecule has 1 unspecified atom stereocenters. The lowest BCUT2D eigenvalue weighted by Gasteiger charge is -2.12. The first-order valence-corrected chi connectivity index (χ1v) is 16.3. The van der Waals surface area contributed by atoms with Gasteiger partial charge in [-0.3, -0.25) is 19.7 Å². The molecule has 2 amide bonds. The van der Waals surface area contributed by atoms with Crippen molar-refractivity contribution in [3.63, 3.8) is 0 Å². The van der Waals surface area contributed by atoms with Gasteiger partial charge < -0.3 is 20.5 Å². The molecule has 14 nitrogen and oxygen atoms in total. The van der Waals surface area contributed by atoms with E-state index in [2.05, 4.69) is 33.1 Å². The highest BCUT2D eigenvalue weighted by Gasteiger charge is 2.24. The number of benzene rings is 3. The average molecular weight is 676 g/mol. The van der Waals surface area contributed by atoms with Gasteiger partial charge in [0.15, 0.2) is 6.10 Å². The summed E-state index contributed by atoms with van der Waals surface area (Å²) in [4.78, 5) is 48.6. The Kier molecular flexibility index (Phi) is 12.6. The molecule has 0 radical (unpaired) electrons. The number of unbranched alkanes of at least 4 members (excludes halogenated alkanes) is 5. The number of nitro benzene ring substituents is 1. The number of aromatic nitrogens is 4. The zero-order valence-corrected chi connectivity index (χ0v) is 27.7. The third-order valence-corrected chi connectivity index (χ3v) is 8.38. The number of carbonyl (C=O) groups is 3. The van der Waals surface area contributed by atoms with Gasteiger partial charge in [0.25, 0.3) is 11.6 Å². The smallest absolute Gasteiger partial charge is 0.344 e. The van der Waals surface area contributed by atoms with Crippen LogP contribution in [0.5, 0.6) is 5.75 Å². The Morgan fingerprint density at radius 2 is 1.73 bits per heavy atom. The lowest BCUT2D eigenvalue weighted by Crippen LogP contribution is -2.22. The number of aliphatic carboxylic acids is 1. The number of nitrogens with one attached hydrogen (secondary N) is 2. The number of carbonyl (C=O) groups excluding carboxylic acids is 2. The predicted octanol–water partition coefficient (Wildman–Crippen LogP) is 6.82. The molecule has 0 saturated heterocycles. The Labute approximate surface area is 281 Å². The van der Waals surface area contributed by atoms with E-state index < -0.39 is 22.9 Å². The zero-order chi connectivity index (χ0) is 34.6. The largest absolute Gasteiger partial charge is 0.479 e. The Hall–Kier alpha value is -5.31. The molecule has 0 fully saturated rings. The molecule has 3 N–H and O–H groups in total. The Bertz CT molecular complexity index is 1760. The number of hydrogen-bond donors (Lipinski definition) is 3. The Balaban J connectivity index is 1.48. The summed E-state index contributed by atoms with van der Waals surface area (Å²) in [5, 5.41) is 38.9. The van der Waals surface area contributed by atoms with Gasteiger partial charge in [-0.1, -0.05) is 45.1 Å². The standard InChI is InChI=1S/C33H37N7O7S/c1-4-5-6-7-8-9-13-30(41)34-24-11-10-12-25(19-24)39-33(36-37-38-39)48-29-20-27(28(40(45)46)18-21(29)2)31(42)35-23-14-16-26(17-15-23)47-22(3)32(43)44/h10-12,14-20,22H,4-9,13H2,1-3H3,(H,34,41)(H,35,42)(H,43,44). The summed E-state index contributed by atoms with van der Waals surface area (Å²) in [6.45, 7) is 5.24. The van der Waals surface area contributed by atoms with Gasteiger partial charge in [-0.15, -0.1) is 5.10 Å². The zero-order valence-electron chi connectivity index (χ0n) is 26.8. The predicted molar refractivity (Wildman–Crippen MR) is 180 cm³/mol. The molecular weight excluding hydrogens is 638 g/mol. The number of ether oxygens (including phenoxy) is 1. The van der Waals surface area contributed by atoms with E-state index in [9.17, 15) is 24.5 Å². The number of nitrogens with zero attached hydrogens (tertiary/aromatic N) is 5. The molecule has 1 heterocycles. The monoisotopic (exact) mass is 675 g/mol. The van der Waals surface area contributed by atoms with Crippen LogP contribution in [0.25, 0.3) is 5.69 Å². The maximum Gasteiger partial charge on any atom is 0.344 e. The topological polar surface area (TPSA) is 191 Å². The van der Waals surface area contributed by atoms with Gasteiger partial charge >= 0.3 is 5.97 Å². The molecule has 0 spiro atoms. The van der Waals surface area contributed by atoms with Crippen molar-refractivity contribution in [2.75, 3.05) is 10.6 Å². The number of hydrogen-bond acceptors (Lipinski definition) is 10. The van der Waals surface area contributed by atoms with Gasteiger partial charge in [-0.2, -0.15) is 4.68 Å². The lowest BCUT2D eigenvalue weighted by molar-refractivity contribution is -0.385. The van der Waals surface area contributed by atoms with Crippen molar-refractivity contribution in [2.24, 2.45) is 0 Å². The second kappa shape index (κ2) is 17.0. The molecule has 252 valence electrons. The molecule has 1 aromatic heterocycles. The summed E-state index contributed by atoms with van der Waals surface area (Å²) < 4.78 is 6.78. The summed E-state index contributed by atoms with van der Waals surface area (Å²) in [5.74, 6) is -1.64. The van der Waals surface area contributed by atoms with E-state index in [0.29, 0.717) is 39.1 Å². The van der Waals surface area contributed by atoms with Gasteiger partial charge in [0.2, 0.25) is 11.1 Å². The molecular formula is C33H37N7O7S. The van der Waals surface area contributed by atoms with Gasteiger partial charge in [-0.25, -0.2) is 4.79 Å². The van der Waals surface area contributed by atoms with Crippen molar-refractivity contribution < 1.29 is 29.2 Å². The molecule has 0 aliphatic carbocycles. The number of nitro groups is 1. The average Bonchev–Trinajstić information content (AvgIpc) is 3.52. The third kappa shape index (κ3) is 9.84. The van der Waals surface area contributed by atoms with Gasteiger partial charge in [-0.05, 0) is 96.6 Å². The molecule has 15 heteroatoms. The van der Waals surface area contributed by atoms with E-state index in [1.807, 2.05) is 0 Å². The third-order valence-electron chi connectivity index (χ3n) is 7.28. The normalized spacial score (nSPS) is 11.5. The molecule has 0 aliphatic heterocycles. The summed E-state index contributed by atoms with van der Waals surface area (Å²) in [6.07, 6.45) is 5.90. The molecule has 0 bridgehead atoms. The lowest BCUT2D eigenvalue weighted by atomic mass is 10.1. The maximum atomic E-state index is 13.3. The molecule has 4 rings (SSSR count). The number of amides is 2.